The number of nitrogens with zero attached hydrogens (tertiary/aromatic N) is 1. The zero-order chi connectivity index (χ0) is 13.1. The monoisotopic (exact) mass is 263 g/mol. The molecule has 0 bridgehead atoms. The lowest BCUT2D eigenvalue weighted by molar-refractivity contribution is 0.626. The smallest absolute Gasteiger partial charge is 0.147 e. The van der Waals surface area contributed by atoms with E-state index in [1.165, 1.54) is 6.07 Å². The van der Waals surface area contributed by atoms with Crippen LogP contribution in [0, 0.1) is 12.7 Å². The van der Waals surface area contributed by atoms with Gasteiger partial charge in [0.1, 0.15) is 5.82 Å². The predicted molar refractivity (Wildman–Crippen MR) is 75.2 cm³/mol. The third-order valence-corrected chi connectivity index (χ3v) is 3.31. The summed E-state index contributed by atoms with van der Waals surface area (Å²) < 4.78 is 14.0. The summed E-state index contributed by atoms with van der Waals surface area (Å²) in [6, 6.07) is 12.9. The summed E-state index contributed by atoms with van der Waals surface area (Å²) in [6.07, 6.45) is 0. The molecule has 94 valence electrons. The molecule has 2 aromatic rings. The standard InChI is InChI=1S/C15H15ClFN/c1-11-6-3-4-9-14(11)18(2)15-12(10-16)7-5-8-13(15)17/h3-9H,10H2,1-2H3. The minimum atomic E-state index is -0.251. The second kappa shape index (κ2) is 5.40. The van der Waals surface area contributed by atoms with Crippen molar-refractivity contribution in [1.29, 1.82) is 0 Å². The number of alkyl halides is 1. The Hall–Kier alpha value is -1.54. The lowest BCUT2D eigenvalue weighted by Crippen LogP contribution is -2.14. The second-order valence-electron chi connectivity index (χ2n) is 4.23. The normalized spacial score (nSPS) is 10.4. The molecular weight excluding hydrogens is 249 g/mol. The molecule has 18 heavy (non-hydrogen) atoms. The Kier molecular flexibility index (Phi) is 3.87. The highest BCUT2D eigenvalue weighted by atomic mass is 35.5. The van der Waals surface area contributed by atoms with Crippen molar-refractivity contribution < 1.29 is 4.39 Å². The molecule has 2 aromatic carbocycles. The van der Waals surface area contributed by atoms with Gasteiger partial charge in [-0.05, 0) is 30.2 Å². The van der Waals surface area contributed by atoms with E-state index >= 15 is 0 Å². The summed E-state index contributed by atoms with van der Waals surface area (Å²) in [5.41, 5.74) is 3.42. The fourth-order valence-corrected chi connectivity index (χ4v) is 2.32. The SMILES string of the molecule is Cc1ccccc1N(C)c1c(F)cccc1CCl. The minimum absolute atomic E-state index is 0.251. The van der Waals surface area contributed by atoms with Crippen molar-refractivity contribution in [1.82, 2.24) is 0 Å². The van der Waals surface area contributed by atoms with Gasteiger partial charge < -0.3 is 4.90 Å². The topological polar surface area (TPSA) is 3.24 Å². The molecule has 0 aliphatic carbocycles. The molecule has 1 nitrogen and oxygen atoms in total. The first-order valence-electron chi connectivity index (χ1n) is 5.78. The van der Waals surface area contributed by atoms with Gasteiger partial charge in [0.25, 0.3) is 0 Å². The summed E-state index contributed by atoms with van der Waals surface area (Å²) in [5.74, 6) is 0.0439. The molecular formula is C15H15ClFN. The van der Waals surface area contributed by atoms with Gasteiger partial charge in [0.05, 0.1) is 5.69 Å². The molecule has 0 heterocycles. The van der Waals surface area contributed by atoms with Gasteiger partial charge in [-0.1, -0.05) is 30.3 Å². The quantitative estimate of drug-likeness (QED) is 0.729. The number of aryl methyl sites for hydroxylation is 1. The van der Waals surface area contributed by atoms with E-state index in [0.717, 1.165) is 16.8 Å². The van der Waals surface area contributed by atoms with Crippen molar-refractivity contribution >= 4 is 23.0 Å². The Morgan fingerprint density at radius 3 is 2.50 bits per heavy atom. The van der Waals surface area contributed by atoms with E-state index in [9.17, 15) is 4.39 Å². The first-order valence-corrected chi connectivity index (χ1v) is 6.31. The molecule has 0 aliphatic heterocycles. The molecule has 0 spiro atoms. The third-order valence-electron chi connectivity index (χ3n) is 3.03. The highest BCUT2D eigenvalue weighted by Crippen LogP contribution is 2.32. The maximum absolute atomic E-state index is 14.0. The first-order chi connectivity index (χ1) is 8.65. The van der Waals surface area contributed by atoms with E-state index < -0.39 is 0 Å². The van der Waals surface area contributed by atoms with Gasteiger partial charge in [-0.15, -0.1) is 11.6 Å². The summed E-state index contributed by atoms with van der Waals surface area (Å²) in [7, 11) is 1.86. The average molecular weight is 264 g/mol. The van der Waals surface area contributed by atoms with Crippen LogP contribution in [0.2, 0.25) is 0 Å². The van der Waals surface area contributed by atoms with Crippen molar-refractivity contribution in [2.45, 2.75) is 12.8 Å². The summed E-state index contributed by atoms with van der Waals surface area (Å²) in [6.45, 7) is 2.01. The van der Waals surface area contributed by atoms with Crippen LogP contribution in [-0.4, -0.2) is 7.05 Å². The molecule has 0 fully saturated rings. The largest absolute Gasteiger partial charge is 0.342 e. The van der Waals surface area contributed by atoms with Crippen molar-refractivity contribution in [3.63, 3.8) is 0 Å². The van der Waals surface area contributed by atoms with Gasteiger partial charge in [-0.2, -0.15) is 0 Å². The lowest BCUT2D eigenvalue weighted by Gasteiger charge is -2.24. The maximum atomic E-state index is 14.0. The molecule has 0 unspecified atom stereocenters. The van der Waals surface area contributed by atoms with Gasteiger partial charge >= 0.3 is 0 Å². The number of hydrogen-bond donors (Lipinski definition) is 0. The van der Waals surface area contributed by atoms with Crippen LogP contribution in [0.5, 0.6) is 0 Å². The Morgan fingerprint density at radius 1 is 1.11 bits per heavy atom. The number of para-hydroxylation sites is 2. The van der Waals surface area contributed by atoms with E-state index in [1.807, 2.05) is 49.2 Å². The van der Waals surface area contributed by atoms with Crippen LogP contribution in [0.1, 0.15) is 11.1 Å². The van der Waals surface area contributed by atoms with Crippen LogP contribution in [0.4, 0.5) is 15.8 Å². The van der Waals surface area contributed by atoms with Crippen molar-refractivity contribution in [3.8, 4) is 0 Å². The first kappa shape index (κ1) is 12.9. The van der Waals surface area contributed by atoms with Gasteiger partial charge in [0, 0.05) is 18.6 Å². The molecule has 0 saturated carbocycles. The number of benzene rings is 2. The molecule has 0 aromatic heterocycles. The van der Waals surface area contributed by atoms with Crippen LogP contribution < -0.4 is 4.90 Å². The van der Waals surface area contributed by atoms with Crippen molar-refractivity contribution in [2.75, 3.05) is 11.9 Å². The van der Waals surface area contributed by atoms with Crippen LogP contribution in [0.15, 0.2) is 42.5 Å². The second-order valence-corrected chi connectivity index (χ2v) is 4.49. The van der Waals surface area contributed by atoms with Crippen molar-refractivity contribution in [2.24, 2.45) is 0 Å². The van der Waals surface area contributed by atoms with Gasteiger partial charge in [0.15, 0.2) is 0 Å². The molecule has 2 rings (SSSR count). The predicted octanol–water partition coefficient (Wildman–Crippen LogP) is 4.64. The van der Waals surface area contributed by atoms with E-state index in [-0.39, 0.29) is 5.82 Å². The lowest BCUT2D eigenvalue weighted by atomic mass is 10.1. The molecule has 0 saturated heterocycles. The Morgan fingerprint density at radius 2 is 1.83 bits per heavy atom. The molecule has 0 amide bonds. The van der Waals surface area contributed by atoms with Crippen LogP contribution >= 0.6 is 11.6 Å². The van der Waals surface area contributed by atoms with E-state index in [2.05, 4.69) is 0 Å². The summed E-state index contributed by atoms with van der Waals surface area (Å²) in [5, 5.41) is 0. The zero-order valence-corrected chi connectivity index (χ0v) is 11.2. The van der Waals surface area contributed by atoms with E-state index in [4.69, 9.17) is 11.6 Å². The van der Waals surface area contributed by atoms with Crippen LogP contribution in [0.25, 0.3) is 0 Å². The Bertz CT molecular complexity index is 554. The average Bonchev–Trinajstić information content (AvgIpc) is 2.38. The summed E-state index contributed by atoms with van der Waals surface area (Å²) in [4.78, 5) is 1.85. The molecule has 0 aliphatic rings. The molecule has 3 heteroatoms. The van der Waals surface area contributed by atoms with E-state index in [1.54, 1.807) is 6.07 Å². The fraction of sp³-hybridized carbons (Fsp3) is 0.200. The molecule has 0 N–H and O–H groups in total. The van der Waals surface area contributed by atoms with E-state index in [0.29, 0.717) is 11.6 Å². The maximum Gasteiger partial charge on any atom is 0.147 e. The number of anilines is 2. The van der Waals surface area contributed by atoms with Crippen molar-refractivity contribution in [3.05, 3.63) is 59.4 Å². The zero-order valence-electron chi connectivity index (χ0n) is 10.5. The number of halogens is 2. The molecule has 0 radical (unpaired) electrons. The third kappa shape index (κ3) is 2.34. The minimum Gasteiger partial charge on any atom is -0.342 e. The van der Waals surface area contributed by atoms with Crippen LogP contribution in [-0.2, 0) is 5.88 Å². The Balaban J connectivity index is 2.52. The number of hydrogen-bond acceptors (Lipinski definition) is 1. The van der Waals surface area contributed by atoms with Gasteiger partial charge in [-0.3, -0.25) is 0 Å². The Labute approximate surface area is 112 Å². The molecule has 0 atom stereocenters. The highest BCUT2D eigenvalue weighted by molar-refractivity contribution is 6.17. The fourth-order valence-electron chi connectivity index (χ4n) is 2.10. The van der Waals surface area contributed by atoms with Gasteiger partial charge in [-0.25, -0.2) is 4.39 Å². The summed E-state index contributed by atoms with van der Waals surface area (Å²) >= 11 is 5.88. The van der Waals surface area contributed by atoms with Gasteiger partial charge in [0.2, 0.25) is 0 Å². The highest BCUT2D eigenvalue weighted by Gasteiger charge is 2.14. The van der Waals surface area contributed by atoms with Crippen LogP contribution in [0.3, 0.4) is 0 Å². The number of rotatable bonds is 3.